The van der Waals surface area contributed by atoms with Gasteiger partial charge >= 0.3 is 5.97 Å². The highest BCUT2D eigenvalue weighted by Crippen LogP contribution is 2.34. The molecule has 4 nitrogen and oxygen atoms in total. The maximum absolute atomic E-state index is 11.9. The largest absolute Gasteiger partial charge is 0.466 e. The lowest BCUT2D eigenvalue weighted by atomic mass is 9.83. The third-order valence-electron chi connectivity index (χ3n) is 2.87. The summed E-state index contributed by atoms with van der Waals surface area (Å²) >= 11 is 0. The Hall–Kier alpha value is -1.32. The molecule has 0 fully saturated rings. The van der Waals surface area contributed by atoms with Gasteiger partial charge in [0, 0.05) is 12.4 Å². The van der Waals surface area contributed by atoms with Gasteiger partial charge in [-0.2, -0.15) is 5.10 Å². The van der Waals surface area contributed by atoms with Crippen LogP contribution in [-0.4, -0.2) is 22.4 Å². The van der Waals surface area contributed by atoms with Gasteiger partial charge in [0.15, 0.2) is 0 Å². The van der Waals surface area contributed by atoms with Crippen LogP contribution in [0.3, 0.4) is 0 Å². The number of ether oxygens (including phenoxy) is 1. The number of rotatable bonds is 5. The molecule has 1 aromatic heterocycles. The van der Waals surface area contributed by atoms with Gasteiger partial charge in [-0.15, -0.1) is 0 Å². The summed E-state index contributed by atoms with van der Waals surface area (Å²) in [5.74, 6) is -0.169. The van der Waals surface area contributed by atoms with Crippen molar-refractivity contribution in [3.63, 3.8) is 0 Å². The zero-order valence-electron chi connectivity index (χ0n) is 10.4. The smallest absolute Gasteiger partial charge is 0.313 e. The number of carbonyl (C=O) groups excluding carboxylic acids is 1. The summed E-state index contributed by atoms with van der Waals surface area (Å²) in [4.78, 5) is 11.9. The molecule has 0 saturated carbocycles. The summed E-state index contributed by atoms with van der Waals surface area (Å²) in [7, 11) is 0. The quantitative estimate of drug-likeness (QED) is 0.721. The highest BCUT2D eigenvalue weighted by molar-refractivity contribution is 5.76. The maximum Gasteiger partial charge on any atom is 0.313 e. The predicted octanol–water partition coefficient (Wildman–Crippen LogP) is 2.42. The molecular weight excluding hydrogens is 204 g/mol. The van der Waals surface area contributed by atoms with Crippen molar-refractivity contribution in [1.29, 1.82) is 0 Å². The standard InChI is InChI=1S/C12H20N2O2/c1-5-10(14-9-7-8-13-14)12(3,4)11(15)16-6-2/h7-10H,5-6H2,1-4H3. The molecule has 1 aromatic rings. The molecule has 0 amide bonds. The topological polar surface area (TPSA) is 44.1 Å². The molecule has 0 N–H and O–H groups in total. The second kappa shape index (κ2) is 5.14. The molecule has 0 aliphatic carbocycles. The predicted molar refractivity (Wildman–Crippen MR) is 62.0 cm³/mol. The van der Waals surface area contributed by atoms with Crippen LogP contribution in [0.2, 0.25) is 0 Å². The molecule has 0 bridgehead atoms. The van der Waals surface area contributed by atoms with Crippen molar-refractivity contribution in [2.24, 2.45) is 5.41 Å². The van der Waals surface area contributed by atoms with Gasteiger partial charge in [-0.3, -0.25) is 9.48 Å². The first kappa shape index (κ1) is 12.7. The Morgan fingerprint density at radius 1 is 1.50 bits per heavy atom. The van der Waals surface area contributed by atoms with E-state index >= 15 is 0 Å². The summed E-state index contributed by atoms with van der Waals surface area (Å²) in [6.07, 6.45) is 4.45. The Morgan fingerprint density at radius 3 is 2.62 bits per heavy atom. The van der Waals surface area contributed by atoms with Crippen LogP contribution in [0, 0.1) is 5.41 Å². The fraction of sp³-hybridized carbons (Fsp3) is 0.667. The van der Waals surface area contributed by atoms with E-state index in [0.717, 1.165) is 6.42 Å². The van der Waals surface area contributed by atoms with Crippen molar-refractivity contribution in [2.45, 2.75) is 40.2 Å². The van der Waals surface area contributed by atoms with Crippen molar-refractivity contribution < 1.29 is 9.53 Å². The molecule has 0 saturated heterocycles. The average molecular weight is 224 g/mol. The van der Waals surface area contributed by atoms with Gasteiger partial charge in [0.1, 0.15) is 0 Å². The molecule has 16 heavy (non-hydrogen) atoms. The van der Waals surface area contributed by atoms with E-state index in [1.54, 1.807) is 6.20 Å². The number of esters is 1. The molecule has 0 aliphatic rings. The molecule has 1 atom stereocenters. The summed E-state index contributed by atoms with van der Waals surface area (Å²) < 4.78 is 6.94. The Morgan fingerprint density at radius 2 is 2.19 bits per heavy atom. The summed E-state index contributed by atoms with van der Waals surface area (Å²) in [5, 5.41) is 4.21. The molecule has 1 unspecified atom stereocenters. The van der Waals surface area contributed by atoms with E-state index in [2.05, 4.69) is 5.10 Å². The molecule has 0 radical (unpaired) electrons. The van der Waals surface area contributed by atoms with Gasteiger partial charge in [0.25, 0.3) is 0 Å². The third kappa shape index (κ3) is 2.43. The summed E-state index contributed by atoms with van der Waals surface area (Å²) in [5.41, 5.74) is -0.559. The number of aromatic nitrogens is 2. The van der Waals surface area contributed by atoms with Crippen LogP contribution in [-0.2, 0) is 9.53 Å². The van der Waals surface area contributed by atoms with E-state index < -0.39 is 5.41 Å². The molecule has 4 heteroatoms. The lowest BCUT2D eigenvalue weighted by Gasteiger charge is -2.31. The first-order chi connectivity index (χ1) is 7.54. The molecule has 0 aromatic carbocycles. The van der Waals surface area contributed by atoms with E-state index in [1.807, 2.05) is 44.6 Å². The van der Waals surface area contributed by atoms with Crippen LogP contribution in [0.4, 0.5) is 0 Å². The SMILES string of the molecule is CCOC(=O)C(C)(C)C(CC)n1cccn1. The van der Waals surface area contributed by atoms with Crippen LogP contribution in [0.25, 0.3) is 0 Å². The van der Waals surface area contributed by atoms with Gasteiger partial charge in [-0.1, -0.05) is 6.92 Å². The van der Waals surface area contributed by atoms with Gasteiger partial charge in [-0.25, -0.2) is 0 Å². The summed E-state index contributed by atoms with van der Waals surface area (Å²) in [6.45, 7) is 8.09. The van der Waals surface area contributed by atoms with E-state index in [-0.39, 0.29) is 12.0 Å². The van der Waals surface area contributed by atoms with E-state index in [1.165, 1.54) is 0 Å². The maximum atomic E-state index is 11.9. The molecule has 90 valence electrons. The summed E-state index contributed by atoms with van der Waals surface area (Å²) in [6, 6.07) is 1.89. The fourth-order valence-electron chi connectivity index (χ4n) is 1.95. The highest BCUT2D eigenvalue weighted by Gasteiger charge is 2.38. The molecule has 1 heterocycles. The minimum absolute atomic E-state index is 0.0292. The van der Waals surface area contributed by atoms with E-state index in [4.69, 9.17) is 4.74 Å². The number of carbonyl (C=O) groups is 1. The molecule has 0 aliphatic heterocycles. The Kier molecular flexibility index (Phi) is 4.10. The lowest BCUT2D eigenvalue weighted by Crippen LogP contribution is -2.36. The van der Waals surface area contributed by atoms with Gasteiger partial charge in [0.2, 0.25) is 0 Å². The first-order valence-corrected chi connectivity index (χ1v) is 5.70. The van der Waals surface area contributed by atoms with Gasteiger partial charge < -0.3 is 4.74 Å². The van der Waals surface area contributed by atoms with Crippen molar-refractivity contribution in [2.75, 3.05) is 6.61 Å². The normalized spacial score (nSPS) is 13.5. The van der Waals surface area contributed by atoms with Crippen molar-refractivity contribution >= 4 is 5.97 Å². The molecule has 0 spiro atoms. The highest BCUT2D eigenvalue weighted by atomic mass is 16.5. The Labute approximate surface area is 96.6 Å². The molecule has 1 rings (SSSR count). The van der Waals surface area contributed by atoms with Gasteiger partial charge in [0.05, 0.1) is 18.1 Å². The second-order valence-electron chi connectivity index (χ2n) is 4.35. The monoisotopic (exact) mass is 224 g/mol. The minimum Gasteiger partial charge on any atom is -0.466 e. The van der Waals surface area contributed by atoms with Crippen LogP contribution in [0.5, 0.6) is 0 Å². The molecular formula is C12H20N2O2. The average Bonchev–Trinajstić information content (AvgIpc) is 2.72. The minimum atomic E-state index is -0.559. The lowest BCUT2D eigenvalue weighted by molar-refractivity contribution is -0.156. The number of hydrogen-bond acceptors (Lipinski definition) is 3. The van der Waals surface area contributed by atoms with Crippen LogP contribution < -0.4 is 0 Å². The van der Waals surface area contributed by atoms with Crippen LogP contribution >= 0.6 is 0 Å². The number of hydrogen-bond donors (Lipinski definition) is 0. The van der Waals surface area contributed by atoms with E-state index in [9.17, 15) is 4.79 Å². The third-order valence-corrected chi connectivity index (χ3v) is 2.87. The zero-order chi connectivity index (χ0) is 12.2. The van der Waals surface area contributed by atoms with Crippen LogP contribution in [0.15, 0.2) is 18.5 Å². The van der Waals surface area contributed by atoms with Gasteiger partial charge in [-0.05, 0) is 33.3 Å². The Bertz CT molecular complexity index is 331. The second-order valence-corrected chi connectivity index (χ2v) is 4.35. The zero-order valence-corrected chi connectivity index (χ0v) is 10.4. The fourth-order valence-corrected chi connectivity index (χ4v) is 1.95. The van der Waals surface area contributed by atoms with Crippen molar-refractivity contribution in [3.8, 4) is 0 Å². The van der Waals surface area contributed by atoms with Crippen molar-refractivity contribution in [3.05, 3.63) is 18.5 Å². The van der Waals surface area contributed by atoms with Crippen LogP contribution in [0.1, 0.15) is 40.2 Å². The Balaban J connectivity index is 2.91. The van der Waals surface area contributed by atoms with E-state index in [0.29, 0.717) is 6.61 Å². The van der Waals surface area contributed by atoms with Crippen molar-refractivity contribution in [1.82, 2.24) is 9.78 Å². The number of nitrogens with zero attached hydrogens (tertiary/aromatic N) is 2. The first-order valence-electron chi connectivity index (χ1n) is 5.70.